The van der Waals surface area contributed by atoms with Gasteiger partial charge in [0.1, 0.15) is 18.5 Å². The van der Waals surface area contributed by atoms with Crippen LogP contribution >= 0.6 is 0 Å². The van der Waals surface area contributed by atoms with Crippen LogP contribution in [0.5, 0.6) is 0 Å². The smallest absolute Gasteiger partial charge is 0.331 e. The molecule has 4 fully saturated rings. The lowest BCUT2D eigenvalue weighted by atomic mass is 9.41. The van der Waals surface area contributed by atoms with E-state index in [1.807, 2.05) is 0 Å². The SMILES string of the molecule is CCCCN(CCCC)CC(=O)[C@]1(O)CC[C@]2(C=O)[C@H]3CC[C@]4(C)[C@@H](C5=CC(=O)OC5)CC[C@]4(O)[C@@H]3CC[C@]2(O)C1. The first kappa shape index (κ1) is 30.8. The molecule has 8 nitrogen and oxygen atoms in total. The molecule has 4 aliphatic carbocycles. The second-order valence-electron chi connectivity index (χ2n) is 14.4. The molecule has 1 heterocycles. The number of aldehydes is 1. The molecule has 1 aliphatic heterocycles. The summed E-state index contributed by atoms with van der Waals surface area (Å²) in [6, 6.07) is 0. The first-order chi connectivity index (χ1) is 19.4. The van der Waals surface area contributed by atoms with Crippen LogP contribution in [0.1, 0.15) is 104 Å². The molecule has 5 aliphatic rings. The number of cyclic esters (lactones) is 1. The van der Waals surface area contributed by atoms with Gasteiger partial charge in [0.15, 0.2) is 5.78 Å². The van der Waals surface area contributed by atoms with E-state index >= 15 is 0 Å². The van der Waals surface area contributed by atoms with Crippen molar-refractivity contribution in [1.82, 2.24) is 4.90 Å². The van der Waals surface area contributed by atoms with Crippen molar-refractivity contribution in [3.8, 4) is 0 Å². The zero-order valence-electron chi connectivity index (χ0n) is 25.3. The van der Waals surface area contributed by atoms with Gasteiger partial charge in [0.2, 0.25) is 0 Å². The van der Waals surface area contributed by atoms with Crippen molar-refractivity contribution in [3.63, 3.8) is 0 Å². The quantitative estimate of drug-likeness (QED) is 0.252. The van der Waals surface area contributed by atoms with Crippen LogP contribution in [-0.2, 0) is 19.1 Å². The molecule has 230 valence electrons. The fourth-order valence-electron chi connectivity index (χ4n) is 10.0. The number of ketones is 1. The van der Waals surface area contributed by atoms with E-state index in [4.69, 9.17) is 4.74 Å². The second kappa shape index (κ2) is 11.1. The van der Waals surface area contributed by atoms with E-state index < -0.39 is 27.6 Å². The molecular weight excluding hydrogens is 522 g/mol. The predicted octanol–water partition coefficient (Wildman–Crippen LogP) is 3.74. The number of unbranched alkanes of at least 4 members (excludes halogenated alkanes) is 2. The third-order valence-electron chi connectivity index (χ3n) is 12.5. The zero-order valence-corrected chi connectivity index (χ0v) is 25.3. The van der Waals surface area contributed by atoms with E-state index in [-0.39, 0.29) is 68.3 Å². The van der Waals surface area contributed by atoms with Crippen LogP contribution in [0.4, 0.5) is 0 Å². The maximum absolute atomic E-state index is 13.6. The van der Waals surface area contributed by atoms with Crippen molar-refractivity contribution >= 4 is 18.0 Å². The lowest BCUT2D eigenvalue weighted by Gasteiger charge is -2.66. The topological polar surface area (TPSA) is 124 Å². The van der Waals surface area contributed by atoms with Crippen molar-refractivity contribution in [2.75, 3.05) is 26.2 Å². The van der Waals surface area contributed by atoms with Gasteiger partial charge in [-0.05, 0) is 101 Å². The maximum atomic E-state index is 13.6. The summed E-state index contributed by atoms with van der Waals surface area (Å²) in [5.41, 5.74) is -4.77. The molecule has 0 saturated heterocycles. The molecule has 0 aromatic rings. The van der Waals surface area contributed by atoms with Crippen molar-refractivity contribution in [3.05, 3.63) is 11.6 Å². The van der Waals surface area contributed by atoms with Crippen LogP contribution in [0, 0.1) is 28.6 Å². The molecule has 4 saturated carbocycles. The van der Waals surface area contributed by atoms with Crippen LogP contribution in [0.15, 0.2) is 11.6 Å². The third kappa shape index (κ3) is 4.76. The highest BCUT2D eigenvalue weighted by Gasteiger charge is 2.72. The normalized spacial score (nSPS) is 43.6. The fourth-order valence-corrected chi connectivity index (χ4v) is 10.0. The van der Waals surface area contributed by atoms with Crippen molar-refractivity contribution in [2.24, 2.45) is 28.6 Å². The van der Waals surface area contributed by atoms with Crippen molar-refractivity contribution in [1.29, 1.82) is 0 Å². The minimum Gasteiger partial charge on any atom is -0.458 e. The Morgan fingerprint density at radius 3 is 2.29 bits per heavy atom. The van der Waals surface area contributed by atoms with Gasteiger partial charge in [-0.2, -0.15) is 0 Å². The molecule has 0 bridgehead atoms. The molecule has 0 amide bonds. The Kier molecular flexibility index (Phi) is 8.38. The Balaban J connectivity index is 1.37. The number of nitrogens with zero attached hydrogens (tertiary/aromatic N) is 1. The average Bonchev–Trinajstić information content (AvgIpc) is 3.49. The summed E-state index contributed by atoms with van der Waals surface area (Å²) in [6.45, 7) is 8.42. The van der Waals surface area contributed by atoms with E-state index in [1.54, 1.807) is 6.08 Å². The van der Waals surface area contributed by atoms with Gasteiger partial charge in [-0.3, -0.25) is 9.69 Å². The molecule has 3 N–H and O–H groups in total. The fraction of sp³-hybridized carbons (Fsp3) is 0.848. The summed E-state index contributed by atoms with van der Waals surface area (Å²) in [5.74, 6) is -0.925. The minimum atomic E-state index is -1.66. The van der Waals surface area contributed by atoms with E-state index in [0.29, 0.717) is 25.7 Å². The number of carbonyl (C=O) groups excluding carboxylic acids is 3. The number of rotatable bonds is 11. The van der Waals surface area contributed by atoms with Crippen LogP contribution in [0.2, 0.25) is 0 Å². The third-order valence-corrected chi connectivity index (χ3v) is 12.5. The summed E-state index contributed by atoms with van der Waals surface area (Å²) in [7, 11) is 0. The zero-order chi connectivity index (χ0) is 29.7. The molecule has 8 heteroatoms. The van der Waals surface area contributed by atoms with Crippen molar-refractivity contribution < 1.29 is 34.4 Å². The molecular formula is C33H51NO7. The number of esters is 1. The molecule has 41 heavy (non-hydrogen) atoms. The Bertz CT molecular complexity index is 1070. The van der Waals surface area contributed by atoms with Gasteiger partial charge >= 0.3 is 5.97 Å². The summed E-state index contributed by atoms with van der Waals surface area (Å²) < 4.78 is 5.21. The van der Waals surface area contributed by atoms with Crippen LogP contribution in [0.3, 0.4) is 0 Å². The van der Waals surface area contributed by atoms with Gasteiger partial charge < -0.3 is 24.9 Å². The summed E-state index contributed by atoms with van der Waals surface area (Å²) in [5, 5.41) is 36.4. The van der Waals surface area contributed by atoms with Gasteiger partial charge in [-0.25, -0.2) is 4.79 Å². The molecule has 8 atom stereocenters. The number of fused-ring (bicyclic) bond motifs is 5. The highest BCUT2D eigenvalue weighted by atomic mass is 16.5. The number of hydrogen-bond donors (Lipinski definition) is 3. The van der Waals surface area contributed by atoms with Crippen LogP contribution in [-0.4, -0.2) is 81.3 Å². The first-order valence-corrected chi connectivity index (χ1v) is 16.2. The number of aliphatic hydroxyl groups is 3. The van der Waals surface area contributed by atoms with Gasteiger partial charge in [-0.1, -0.05) is 33.6 Å². The van der Waals surface area contributed by atoms with Crippen LogP contribution < -0.4 is 0 Å². The Morgan fingerprint density at radius 2 is 1.68 bits per heavy atom. The molecule has 0 unspecified atom stereocenters. The summed E-state index contributed by atoms with van der Waals surface area (Å²) in [4.78, 5) is 40.6. The first-order valence-electron chi connectivity index (χ1n) is 16.2. The lowest BCUT2D eigenvalue weighted by molar-refractivity contribution is -0.256. The Labute approximate surface area is 244 Å². The Morgan fingerprint density at radius 1 is 1.00 bits per heavy atom. The molecule has 0 radical (unpaired) electrons. The highest BCUT2D eigenvalue weighted by Crippen LogP contribution is 2.70. The van der Waals surface area contributed by atoms with E-state index in [1.165, 1.54) is 0 Å². The van der Waals surface area contributed by atoms with Crippen molar-refractivity contribution in [2.45, 2.75) is 121 Å². The molecule has 0 aromatic carbocycles. The maximum Gasteiger partial charge on any atom is 0.331 e. The van der Waals surface area contributed by atoms with Gasteiger partial charge in [0.05, 0.1) is 23.2 Å². The van der Waals surface area contributed by atoms with Gasteiger partial charge in [0, 0.05) is 17.9 Å². The van der Waals surface area contributed by atoms with E-state index in [2.05, 4.69) is 25.7 Å². The monoisotopic (exact) mass is 573 g/mol. The van der Waals surface area contributed by atoms with Crippen LogP contribution in [0.25, 0.3) is 0 Å². The van der Waals surface area contributed by atoms with E-state index in [0.717, 1.165) is 57.1 Å². The second-order valence-corrected chi connectivity index (χ2v) is 14.4. The summed E-state index contributed by atoms with van der Waals surface area (Å²) in [6.07, 6.45) is 10.3. The number of hydrogen-bond acceptors (Lipinski definition) is 8. The number of Topliss-reactive ketones (excluding diaryl/α,β-unsaturated/α-hetero) is 1. The van der Waals surface area contributed by atoms with Gasteiger partial charge in [0.25, 0.3) is 0 Å². The lowest BCUT2D eigenvalue weighted by Crippen LogP contribution is -2.71. The number of carbonyl (C=O) groups is 3. The highest BCUT2D eigenvalue weighted by molar-refractivity contribution is 5.89. The minimum absolute atomic E-state index is 0.0466. The average molecular weight is 574 g/mol. The number of ether oxygens (including phenoxy) is 1. The molecule has 0 aromatic heterocycles. The predicted molar refractivity (Wildman–Crippen MR) is 154 cm³/mol. The van der Waals surface area contributed by atoms with E-state index in [9.17, 15) is 29.7 Å². The standard InChI is InChI=1S/C33H51NO7/c1-4-6-16-34(17-7-5-2)19-27(36)31(38)15-14-30(22-35)25-8-11-29(3)24(23-18-28(37)41-20-23)10-13-33(29,40)26(25)9-12-32(30,39)21-31/h18,22,24-26,38-40H,4-17,19-21H2,1-3H3/t24-,25+,26-,29-,30+,31+,32+,33+/m1/s1. The van der Waals surface area contributed by atoms with Gasteiger partial charge in [-0.15, -0.1) is 0 Å². The largest absolute Gasteiger partial charge is 0.458 e. The summed E-state index contributed by atoms with van der Waals surface area (Å²) >= 11 is 0. The Hall–Kier alpha value is -1.61. The molecule has 0 spiro atoms. The molecule has 5 rings (SSSR count).